The summed E-state index contributed by atoms with van der Waals surface area (Å²) >= 11 is 3.15. The second kappa shape index (κ2) is 5.65. The smallest absolute Gasteiger partial charge is 0.335 e. The summed E-state index contributed by atoms with van der Waals surface area (Å²) in [5, 5.41) is 8.74. The first kappa shape index (κ1) is 12.7. The monoisotopic (exact) mass is 286 g/mol. The second-order valence-electron chi connectivity index (χ2n) is 3.17. The van der Waals surface area contributed by atoms with Gasteiger partial charge in [0.1, 0.15) is 5.75 Å². The van der Waals surface area contributed by atoms with Gasteiger partial charge >= 0.3 is 11.9 Å². The van der Waals surface area contributed by atoms with Crippen molar-refractivity contribution in [1.29, 1.82) is 0 Å². The average Bonchev–Trinajstić information content (AvgIpc) is 2.21. The second-order valence-corrected chi connectivity index (χ2v) is 4.03. The molecular formula is C11H11BrO4. The maximum atomic E-state index is 11.2. The molecule has 0 unspecified atom stereocenters. The van der Waals surface area contributed by atoms with E-state index in [0.717, 1.165) is 0 Å². The molecule has 0 saturated carbocycles. The van der Waals surface area contributed by atoms with Crippen LogP contribution in [0.15, 0.2) is 22.7 Å². The number of ether oxygens (including phenoxy) is 1. The van der Waals surface area contributed by atoms with Gasteiger partial charge in [-0.3, -0.25) is 4.79 Å². The Morgan fingerprint density at radius 3 is 2.62 bits per heavy atom. The zero-order valence-electron chi connectivity index (χ0n) is 8.70. The number of esters is 1. The van der Waals surface area contributed by atoms with Crippen LogP contribution in [0.5, 0.6) is 5.75 Å². The highest BCUT2D eigenvalue weighted by molar-refractivity contribution is 9.10. The van der Waals surface area contributed by atoms with Crippen LogP contribution in [0.1, 0.15) is 30.1 Å². The van der Waals surface area contributed by atoms with Gasteiger partial charge in [-0.15, -0.1) is 0 Å². The van der Waals surface area contributed by atoms with Gasteiger partial charge in [0.25, 0.3) is 0 Å². The molecule has 0 heterocycles. The van der Waals surface area contributed by atoms with Crippen molar-refractivity contribution in [3.8, 4) is 5.75 Å². The lowest BCUT2D eigenvalue weighted by atomic mass is 10.2. The van der Waals surface area contributed by atoms with Crippen molar-refractivity contribution in [3.05, 3.63) is 28.2 Å². The maximum absolute atomic E-state index is 11.2. The van der Waals surface area contributed by atoms with Crippen LogP contribution >= 0.6 is 15.9 Å². The van der Waals surface area contributed by atoms with E-state index in [-0.39, 0.29) is 11.5 Å². The molecule has 0 radical (unpaired) electrons. The van der Waals surface area contributed by atoms with Gasteiger partial charge in [-0.2, -0.15) is 0 Å². The van der Waals surface area contributed by atoms with Crippen LogP contribution in [0.25, 0.3) is 0 Å². The van der Waals surface area contributed by atoms with Gasteiger partial charge in [-0.1, -0.05) is 6.92 Å². The summed E-state index contributed by atoms with van der Waals surface area (Å²) in [6.07, 6.45) is 1.05. The number of carbonyl (C=O) groups excluding carboxylic acids is 1. The molecule has 4 nitrogen and oxygen atoms in total. The third kappa shape index (κ3) is 3.34. The molecule has 0 aliphatic carbocycles. The Morgan fingerprint density at radius 1 is 1.44 bits per heavy atom. The van der Waals surface area contributed by atoms with Crippen LogP contribution in [0.4, 0.5) is 0 Å². The summed E-state index contributed by atoms with van der Waals surface area (Å²) in [5.41, 5.74) is 0.141. The van der Waals surface area contributed by atoms with E-state index < -0.39 is 5.97 Å². The molecule has 0 bridgehead atoms. The third-order valence-electron chi connectivity index (χ3n) is 1.86. The summed E-state index contributed by atoms with van der Waals surface area (Å²) in [5.74, 6) is -1.01. The summed E-state index contributed by atoms with van der Waals surface area (Å²) in [4.78, 5) is 21.9. The van der Waals surface area contributed by atoms with Crippen molar-refractivity contribution in [2.45, 2.75) is 19.8 Å². The molecule has 0 saturated heterocycles. The molecule has 0 aliphatic heterocycles. The van der Waals surface area contributed by atoms with Gasteiger partial charge in [-0.25, -0.2) is 4.79 Å². The number of benzene rings is 1. The highest BCUT2D eigenvalue weighted by Gasteiger charge is 2.10. The standard InChI is InChI=1S/C11H11BrO4/c1-2-3-10(13)16-9-5-4-7(11(14)15)6-8(9)12/h4-6H,2-3H2,1H3,(H,14,15). The Morgan fingerprint density at radius 2 is 2.12 bits per heavy atom. The van der Waals surface area contributed by atoms with Crippen molar-refractivity contribution in [2.75, 3.05) is 0 Å². The van der Waals surface area contributed by atoms with Crippen molar-refractivity contribution >= 4 is 27.9 Å². The van der Waals surface area contributed by atoms with E-state index in [1.54, 1.807) is 0 Å². The van der Waals surface area contributed by atoms with Gasteiger partial charge in [0, 0.05) is 6.42 Å². The molecule has 1 aromatic rings. The molecule has 5 heteroatoms. The lowest BCUT2D eigenvalue weighted by molar-refractivity contribution is -0.134. The van der Waals surface area contributed by atoms with Crippen LogP contribution in [0.2, 0.25) is 0 Å². The van der Waals surface area contributed by atoms with E-state index in [9.17, 15) is 9.59 Å². The Bertz CT molecular complexity index is 414. The van der Waals surface area contributed by atoms with Gasteiger partial charge in [0.05, 0.1) is 10.0 Å². The summed E-state index contributed by atoms with van der Waals surface area (Å²) in [6.45, 7) is 1.88. The van der Waals surface area contributed by atoms with Gasteiger partial charge in [-0.05, 0) is 40.5 Å². The minimum Gasteiger partial charge on any atom is -0.478 e. The third-order valence-corrected chi connectivity index (χ3v) is 2.48. The summed E-state index contributed by atoms with van der Waals surface area (Å²) in [7, 11) is 0. The topological polar surface area (TPSA) is 63.6 Å². The lowest BCUT2D eigenvalue weighted by Gasteiger charge is -2.06. The first-order valence-electron chi connectivity index (χ1n) is 4.78. The number of carbonyl (C=O) groups is 2. The molecule has 86 valence electrons. The predicted molar refractivity (Wildman–Crippen MR) is 61.6 cm³/mol. The van der Waals surface area contributed by atoms with E-state index in [1.807, 2.05) is 6.92 Å². The van der Waals surface area contributed by atoms with E-state index in [2.05, 4.69) is 15.9 Å². The van der Waals surface area contributed by atoms with Gasteiger partial charge in [0.2, 0.25) is 0 Å². The highest BCUT2D eigenvalue weighted by atomic mass is 79.9. The summed E-state index contributed by atoms with van der Waals surface area (Å²) < 4.78 is 5.50. The SMILES string of the molecule is CCCC(=O)Oc1ccc(C(=O)O)cc1Br. The van der Waals surface area contributed by atoms with Crippen molar-refractivity contribution in [1.82, 2.24) is 0 Å². The molecular weight excluding hydrogens is 276 g/mol. The van der Waals surface area contributed by atoms with Gasteiger partial charge in [0.15, 0.2) is 0 Å². The van der Waals surface area contributed by atoms with E-state index in [4.69, 9.17) is 9.84 Å². The first-order chi connectivity index (χ1) is 7.54. The molecule has 1 N–H and O–H groups in total. The fourth-order valence-electron chi connectivity index (χ4n) is 1.09. The van der Waals surface area contributed by atoms with Crippen LogP contribution in [-0.2, 0) is 4.79 Å². The van der Waals surface area contributed by atoms with Crippen molar-refractivity contribution in [2.24, 2.45) is 0 Å². The molecule has 1 aromatic carbocycles. The quantitative estimate of drug-likeness (QED) is 0.683. The number of hydrogen-bond donors (Lipinski definition) is 1. The Hall–Kier alpha value is -1.36. The van der Waals surface area contributed by atoms with Crippen LogP contribution in [-0.4, -0.2) is 17.0 Å². The van der Waals surface area contributed by atoms with Crippen LogP contribution in [0, 0.1) is 0 Å². The summed E-state index contributed by atoms with van der Waals surface area (Å²) in [6, 6.07) is 4.25. The lowest BCUT2D eigenvalue weighted by Crippen LogP contribution is -2.07. The fraction of sp³-hybridized carbons (Fsp3) is 0.273. The molecule has 1 rings (SSSR count). The maximum Gasteiger partial charge on any atom is 0.335 e. The first-order valence-corrected chi connectivity index (χ1v) is 5.57. The minimum absolute atomic E-state index is 0.141. The number of hydrogen-bond acceptors (Lipinski definition) is 3. The number of rotatable bonds is 4. The van der Waals surface area contributed by atoms with Gasteiger partial charge < -0.3 is 9.84 Å². The number of halogens is 1. The number of carboxylic acids is 1. The zero-order valence-corrected chi connectivity index (χ0v) is 10.3. The molecule has 0 spiro atoms. The highest BCUT2D eigenvalue weighted by Crippen LogP contribution is 2.26. The largest absolute Gasteiger partial charge is 0.478 e. The molecule has 0 aromatic heterocycles. The molecule has 16 heavy (non-hydrogen) atoms. The Balaban J connectivity index is 2.83. The van der Waals surface area contributed by atoms with Crippen molar-refractivity contribution in [3.63, 3.8) is 0 Å². The molecule has 0 fully saturated rings. The van der Waals surface area contributed by atoms with Crippen molar-refractivity contribution < 1.29 is 19.4 Å². The van der Waals surface area contributed by atoms with Crippen LogP contribution in [0.3, 0.4) is 0 Å². The Labute approximate surface area is 101 Å². The molecule has 0 atom stereocenters. The zero-order chi connectivity index (χ0) is 12.1. The molecule has 0 aliphatic rings. The van der Waals surface area contributed by atoms with E-state index in [1.165, 1.54) is 18.2 Å². The fourth-order valence-corrected chi connectivity index (χ4v) is 1.55. The normalized spacial score (nSPS) is 9.88. The Kier molecular flexibility index (Phi) is 4.49. The average molecular weight is 287 g/mol. The van der Waals surface area contributed by atoms with E-state index in [0.29, 0.717) is 23.1 Å². The van der Waals surface area contributed by atoms with Crippen LogP contribution < -0.4 is 4.74 Å². The van der Waals surface area contributed by atoms with E-state index >= 15 is 0 Å². The minimum atomic E-state index is -1.02. The molecule has 0 amide bonds. The predicted octanol–water partition coefficient (Wildman–Crippen LogP) is 2.85. The number of carboxylic acid groups (broad SMARTS) is 1. The number of aromatic carboxylic acids is 1.